The molecule has 1 amide bonds. The summed E-state index contributed by atoms with van der Waals surface area (Å²) in [6.45, 7) is 0.538. The van der Waals surface area contributed by atoms with Crippen LogP contribution in [0.25, 0.3) is 10.9 Å². The van der Waals surface area contributed by atoms with Gasteiger partial charge in [-0.1, -0.05) is 30.3 Å². The zero-order chi connectivity index (χ0) is 15.4. The molecule has 0 radical (unpaired) electrons. The van der Waals surface area contributed by atoms with E-state index in [4.69, 9.17) is 4.74 Å². The van der Waals surface area contributed by atoms with Crippen molar-refractivity contribution in [2.24, 2.45) is 0 Å². The Morgan fingerprint density at radius 3 is 2.64 bits per heavy atom. The average Bonchev–Trinajstić information content (AvgIpc) is 2.99. The van der Waals surface area contributed by atoms with Crippen molar-refractivity contribution in [2.75, 3.05) is 7.11 Å². The number of benzene rings is 2. The molecule has 2 aromatic carbocycles. The van der Waals surface area contributed by atoms with Gasteiger partial charge in [-0.2, -0.15) is 0 Å². The first-order valence-electron chi connectivity index (χ1n) is 7.00. The van der Waals surface area contributed by atoms with Crippen molar-refractivity contribution in [3.8, 4) is 5.75 Å². The molecule has 1 heterocycles. The van der Waals surface area contributed by atoms with Gasteiger partial charge < -0.3 is 9.72 Å². The van der Waals surface area contributed by atoms with Crippen LogP contribution in [0.1, 0.15) is 16.1 Å². The minimum Gasteiger partial charge on any atom is -0.497 e. The number of aromatic amines is 1. The number of amides is 1. The summed E-state index contributed by atoms with van der Waals surface area (Å²) in [5.74, 6) is 0.621. The molecule has 5 nitrogen and oxygen atoms in total. The molecule has 3 N–H and O–H groups in total. The minimum absolute atomic E-state index is 0.190. The van der Waals surface area contributed by atoms with E-state index in [-0.39, 0.29) is 5.91 Å². The highest BCUT2D eigenvalue weighted by Gasteiger charge is 2.08. The summed E-state index contributed by atoms with van der Waals surface area (Å²) in [5.41, 5.74) is 8.14. The molecule has 0 aliphatic heterocycles. The molecule has 0 unspecified atom stereocenters. The molecule has 0 bridgehead atoms. The van der Waals surface area contributed by atoms with Crippen molar-refractivity contribution in [2.45, 2.75) is 6.54 Å². The highest BCUT2D eigenvalue weighted by atomic mass is 16.5. The van der Waals surface area contributed by atoms with Gasteiger partial charge in [0.05, 0.1) is 7.11 Å². The van der Waals surface area contributed by atoms with Gasteiger partial charge in [-0.3, -0.25) is 10.2 Å². The van der Waals surface area contributed by atoms with E-state index in [9.17, 15) is 4.79 Å². The van der Waals surface area contributed by atoms with Crippen LogP contribution in [0.4, 0.5) is 0 Å². The van der Waals surface area contributed by atoms with Crippen molar-refractivity contribution < 1.29 is 9.53 Å². The van der Waals surface area contributed by atoms with E-state index in [1.165, 1.54) is 0 Å². The Bertz CT molecular complexity index is 745. The van der Waals surface area contributed by atoms with Gasteiger partial charge in [0.1, 0.15) is 11.4 Å². The summed E-state index contributed by atoms with van der Waals surface area (Å²) in [5, 5.41) is 1.02. The van der Waals surface area contributed by atoms with Crippen LogP contribution in [0.2, 0.25) is 0 Å². The summed E-state index contributed by atoms with van der Waals surface area (Å²) in [6.07, 6.45) is 0. The molecule has 0 atom stereocenters. The maximum Gasteiger partial charge on any atom is 0.281 e. The summed E-state index contributed by atoms with van der Waals surface area (Å²) >= 11 is 0. The van der Waals surface area contributed by atoms with Crippen LogP contribution in [0.15, 0.2) is 54.6 Å². The largest absolute Gasteiger partial charge is 0.497 e. The normalized spacial score (nSPS) is 10.6. The third kappa shape index (κ3) is 3.10. The summed E-state index contributed by atoms with van der Waals surface area (Å²) in [7, 11) is 1.63. The lowest BCUT2D eigenvalue weighted by Crippen LogP contribution is -2.36. The quantitative estimate of drug-likeness (QED) is 0.634. The number of carbonyl (C=O) groups is 1. The molecule has 0 spiro atoms. The minimum atomic E-state index is -0.190. The Morgan fingerprint density at radius 1 is 1.14 bits per heavy atom. The van der Waals surface area contributed by atoms with Crippen molar-refractivity contribution in [3.05, 3.63) is 65.9 Å². The van der Waals surface area contributed by atoms with Crippen LogP contribution in [-0.4, -0.2) is 18.0 Å². The molecule has 3 aromatic rings. The van der Waals surface area contributed by atoms with Crippen molar-refractivity contribution in [1.82, 2.24) is 15.8 Å². The number of hydrazine groups is 1. The highest BCUT2D eigenvalue weighted by Crippen LogP contribution is 2.14. The van der Waals surface area contributed by atoms with E-state index in [2.05, 4.69) is 15.8 Å². The molecule has 3 rings (SSSR count). The molecule has 1 aromatic heterocycles. The lowest BCUT2D eigenvalue weighted by Gasteiger charge is -2.07. The van der Waals surface area contributed by atoms with Crippen LogP contribution < -0.4 is 15.6 Å². The van der Waals surface area contributed by atoms with E-state index < -0.39 is 0 Å². The number of carbonyl (C=O) groups excluding carboxylic acids is 1. The standard InChI is InChI=1S/C17H17N3O2/c1-22-14-8-6-12(7-9-14)11-18-20-17(21)16-10-13-4-2-3-5-15(13)19-16/h2-10,18-19H,11H2,1H3,(H,20,21). The first-order chi connectivity index (χ1) is 10.8. The Hall–Kier alpha value is -2.79. The molecule has 0 fully saturated rings. The second-order valence-electron chi connectivity index (χ2n) is 4.93. The number of aromatic nitrogens is 1. The first-order valence-corrected chi connectivity index (χ1v) is 7.00. The molecule has 22 heavy (non-hydrogen) atoms. The molecule has 0 aliphatic rings. The SMILES string of the molecule is COc1ccc(CNNC(=O)c2cc3ccccc3[nH]2)cc1. The van der Waals surface area contributed by atoms with E-state index in [1.807, 2.05) is 54.6 Å². The average molecular weight is 295 g/mol. The zero-order valence-electron chi connectivity index (χ0n) is 12.2. The van der Waals surface area contributed by atoms with Crippen LogP contribution in [0.5, 0.6) is 5.75 Å². The third-order valence-electron chi connectivity index (χ3n) is 3.43. The number of fused-ring (bicyclic) bond motifs is 1. The topological polar surface area (TPSA) is 66.2 Å². The third-order valence-corrected chi connectivity index (χ3v) is 3.43. The second-order valence-corrected chi connectivity index (χ2v) is 4.93. The van der Waals surface area contributed by atoms with Gasteiger partial charge in [0.25, 0.3) is 5.91 Å². The Balaban J connectivity index is 1.57. The van der Waals surface area contributed by atoms with Crippen molar-refractivity contribution in [3.63, 3.8) is 0 Å². The fourth-order valence-electron chi connectivity index (χ4n) is 2.23. The Labute approximate surface area is 128 Å². The van der Waals surface area contributed by atoms with Gasteiger partial charge in [-0.05, 0) is 29.8 Å². The fourth-order valence-corrected chi connectivity index (χ4v) is 2.23. The van der Waals surface area contributed by atoms with E-state index in [0.717, 1.165) is 22.2 Å². The van der Waals surface area contributed by atoms with Gasteiger partial charge in [0.2, 0.25) is 0 Å². The van der Waals surface area contributed by atoms with Gasteiger partial charge in [-0.15, -0.1) is 0 Å². The first kappa shape index (κ1) is 14.2. The lowest BCUT2D eigenvalue weighted by molar-refractivity contribution is 0.0928. The van der Waals surface area contributed by atoms with E-state index in [1.54, 1.807) is 7.11 Å². The predicted molar refractivity (Wildman–Crippen MR) is 85.6 cm³/mol. The summed E-state index contributed by atoms with van der Waals surface area (Å²) < 4.78 is 5.10. The van der Waals surface area contributed by atoms with E-state index in [0.29, 0.717) is 12.2 Å². The van der Waals surface area contributed by atoms with Gasteiger partial charge in [0.15, 0.2) is 0 Å². The van der Waals surface area contributed by atoms with Crippen LogP contribution in [-0.2, 0) is 6.54 Å². The predicted octanol–water partition coefficient (Wildman–Crippen LogP) is 2.61. The molecule has 112 valence electrons. The highest BCUT2D eigenvalue weighted by molar-refractivity contribution is 5.97. The van der Waals surface area contributed by atoms with Crippen LogP contribution >= 0.6 is 0 Å². The van der Waals surface area contributed by atoms with Crippen molar-refractivity contribution >= 4 is 16.8 Å². The zero-order valence-corrected chi connectivity index (χ0v) is 12.2. The molecule has 0 saturated carbocycles. The van der Waals surface area contributed by atoms with Gasteiger partial charge in [-0.25, -0.2) is 5.43 Å². The number of methoxy groups -OCH3 is 1. The summed E-state index contributed by atoms with van der Waals surface area (Å²) in [6, 6.07) is 17.3. The number of rotatable bonds is 5. The smallest absolute Gasteiger partial charge is 0.281 e. The Kier molecular flexibility index (Phi) is 4.07. The maximum absolute atomic E-state index is 12.1. The van der Waals surface area contributed by atoms with Crippen LogP contribution in [0, 0.1) is 0 Å². The van der Waals surface area contributed by atoms with Gasteiger partial charge >= 0.3 is 0 Å². The second kappa shape index (κ2) is 6.32. The Morgan fingerprint density at radius 2 is 1.91 bits per heavy atom. The summed E-state index contributed by atoms with van der Waals surface area (Å²) in [4.78, 5) is 15.2. The fraction of sp³-hybridized carbons (Fsp3) is 0.118. The van der Waals surface area contributed by atoms with E-state index >= 15 is 0 Å². The van der Waals surface area contributed by atoms with Crippen molar-refractivity contribution in [1.29, 1.82) is 0 Å². The number of para-hydroxylation sites is 1. The van der Waals surface area contributed by atoms with Crippen LogP contribution in [0.3, 0.4) is 0 Å². The maximum atomic E-state index is 12.1. The lowest BCUT2D eigenvalue weighted by atomic mass is 10.2. The number of hydrogen-bond acceptors (Lipinski definition) is 3. The number of ether oxygens (including phenoxy) is 1. The number of nitrogens with one attached hydrogen (secondary N) is 3. The number of hydrogen-bond donors (Lipinski definition) is 3. The van der Waals surface area contributed by atoms with Gasteiger partial charge in [0, 0.05) is 17.4 Å². The molecular formula is C17H17N3O2. The number of H-pyrrole nitrogens is 1. The molecule has 0 aliphatic carbocycles. The molecular weight excluding hydrogens is 278 g/mol. The monoisotopic (exact) mass is 295 g/mol. The molecule has 0 saturated heterocycles. The molecule has 5 heteroatoms.